The summed E-state index contributed by atoms with van der Waals surface area (Å²) in [6.07, 6.45) is 1.21. The molecular formula is C13H11ClN2O3S2. The summed E-state index contributed by atoms with van der Waals surface area (Å²) in [5.41, 5.74) is 0.299. The van der Waals surface area contributed by atoms with Gasteiger partial charge in [0, 0.05) is 11.9 Å². The van der Waals surface area contributed by atoms with E-state index >= 15 is 0 Å². The lowest BCUT2D eigenvalue weighted by atomic mass is 10.2. The number of aromatic nitrogens is 1. The van der Waals surface area contributed by atoms with Crippen molar-refractivity contribution in [1.82, 2.24) is 9.88 Å². The van der Waals surface area contributed by atoms with Crippen molar-refractivity contribution in [1.29, 1.82) is 0 Å². The van der Waals surface area contributed by atoms with E-state index in [1.165, 1.54) is 27.6 Å². The van der Waals surface area contributed by atoms with Gasteiger partial charge in [0.15, 0.2) is 0 Å². The van der Waals surface area contributed by atoms with Gasteiger partial charge in [-0.05, 0) is 25.0 Å². The Morgan fingerprint density at radius 2 is 2.24 bits per heavy atom. The topological polar surface area (TPSA) is 70.5 Å². The predicted octanol–water partition coefficient (Wildman–Crippen LogP) is 3.21. The van der Waals surface area contributed by atoms with Crippen LogP contribution in [0, 0.1) is 0 Å². The first-order chi connectivity index (χ1) is 10.1. The van der Waals surface area contributed by atoms with Gasteiger partial charge in [0.25, 0.3) is 5.91 Å². The number of carbonyl (C=O) groups excluding carboxylic acids is 1. The number of nitrogens with zero attached hydrogens (tertiary/aromatic N) is 2. The quantitative estimate of drug-likeness (QED) is 0.929. The van der Waals surface area contributed by atoms with E-state index in [0.717, 1.165) is 9.88 Å². The van der Waals surface area contributed by atoms with Gasteiger partial charge < -0.3 is 10.0 Å². The summed E-state index contributed by atoms with van der Waals surface area (Å²) < 4.78 is 0.665. The van der Waals surface area contributed by atoms with Crippen molar-refractivity contribution >= 4 is 46.2 Å². The molecule has 0 unspecified atom stereocenters. The van der Waals surface area contributed by atoms with Crippen molar-refractivity contribution in [2.75, 3.05) is 6.54 Å². The summed E-state index contributed by atoms with van der Waals surface area (Å²) in [6, 6.07) is 2.90. The number of likely N-dealkylation sites (tertiary alicyclic amines) is 1. The van der Waals surface area contributed by atoms with Gasteiger partial charge in [-0.1, -0.05) is 11.6 Å². The van der Waals surface area contributed by atoms with Crippen LogP contribution in [0.3, 0.4) is 0 Å². The summed E-state index contributed by atoms with van der Waals surface area (Å²) in [5.74, 6) is -1.27. The van der Waals surface area contributed by atoms with E-state index in [9.17, 15) is 9.59 Å². The highest BCUT2D eigenvalue weighted by Gasteiger charge is 2.35. The van der Waals surface area contributed by atoms with Crippen LogP contribution in [0.15, 0.2) is 17.5 Å². The molecule has 0 saturated carbocycles. The number of hydrogen-bond acceptors (Lipinski definition) is 5. The molecular weight excluding hydrogens is 332 g/mol. The van der Waals surface area contributed by atoms with E-state index in [0.29, 0.717) is 29.4 Å². The average molecular weight is 343 g/mol. The molecule has 3 rings (SSSR count). The summed E-state index contributed by atoms with van der Waals surface area (Å²) in [7, 11) is 0. The van der Waals surface area contributed by atoms with Crippen molar-refractivity contribution in [3.05, 3.63) is 27.5 Å². The van der Waals surface area contributed by atoms with Crippen LogP contribution in [0.1, 0.15) is 23.3 Å². The number of amides is 1. The molecule has 1 saturated heterocycles. The van der Waals surface area contributed by atoms with Gasteiger partial charge in [0.05, 0.1) is 9.21 Å². The molecule has 0 aliphatic carbocycles. The van der Waals surface area contributed by atoms with Crippen LogP contribution < -0.4 is 0 Å². The molecule has 1 N–H and O–H groups in total. The first-order valence-corrected chi connectivity index (χ1v) is 8.38. The minimum absolute atomic E-state index is 0.299. The van der Waals surface area contributed by atoms with E-state index in [-0.39, 0.29) is 5.91 Å². The van der Waals surface area contributed by atoms with Crippen molar-refractivity contribution in [2.24, 2.45) is 0 Å². The van der Waals surface area contributed by atoms with Crippen LogP contribution in [0.25, 0.3) is 9.88 Å². The fourth-order valence-corrected chi connectivity index (χ4v) is 4.24. The number of thiazole rings is 1. The molecule has 0 bridgehead atoms. The zero-order valence-electron chi connectivity index (χ0n) is 10.8. The zero-order chi connectivity index (χ0) is 15.0. The monoisotopic (exact) mass is 342 g/mol. The summed E-state index contributed by atoms with van der Waals surface area (Å²) in [6.45, 7) is 0.466. The number of hydrogen-bond donors (Lipinski definition) is 1. The molecule has 0 spiro atoms. The third-order valence-electron chi connectivity index (χ3n) is 3.31. The Morgan fingerprint density at radius 1 is 1.43 bits per heavy atom. The normalized spacial score (nSPS) is 18.1. The van der Waals surface area contributed by atoms with E-state index in [4.69, 9.17) is 16.7 Å². The molecule has 1 amide bonds. The third kappa shape index (κ3) is 2.81. The summed E-state index contributed by atoms with van der Waals surface area (Å²) in [4.78, 5) is 30.2. The molecule has 1 atom stereocenters. The molecule has 0 radical (unpaired) electrons. The lowest BCUT2D eigenvalue weighted by molar-refractivity contribution is -0.141. The minimum atomic E-state index is -0.957. The third-order valence-corrected chi connectivity index (χ3v) is 5.55. The average Bonchev–Trinajstić information content (AvgIpc) is 3.17. The van der Waals surface area contributed by atoms with Crippen LogP contribution in [-0.2, 0) is 4.79 Å². The second-order valence-corrected chi connectivity index (χ2v) is 7.21. The smallest absolute Gasteiger partial charge is 0.326 e. The van der Waals surface area contributed by atoms with Crippen molar-refractivity contribution in [3.63, 3.8) is 0 Å². The fourth-order valence-electron chi connectivity index (χ4n) is 2.33. The fraction of sp³-hybridized carbons (Fsp3) is 0.308. The highest BCUT2D eigenvalue weighted by Crippen LogP contribution is 2.33. The van der Waals surface area contributed by atoms with E-state index in [2.05, 4.69) is 4.98 Å². The lowest BCUT2D eigenvalue weighted by Gasteiger charge is -2.20. The number of carbonyl (C=O) groups is 2. The van der Waals surface area contributed by atoms with Gasteiger partial charge in [0.1, 0.15) is 16.7 Å². The predicted molar refractivity (Wildman–Crippen MR) is 82.1 cm³/mol. The number of halogens is 1. The molecule has 2 aromatic rings. The molecule has 1 aliphatic heterocycles. The SMILES string of the molecule is O=C(O)[C@@H]1CCCN1C(=O)c1csc(-c2ccc(Cl)s2)n1. The minimum Gasteiger partial charge on any atom is -0.480 e. The number of thiophene rings is 1. The van der Waals surface area contributed by atoms with E-state index in [1.807, 2.05) is 6.07 Å². The molecule has 2 aromatic heterocycles. The molecule has 110 valence electrons. The van der Waals surface area contributed by atoms with Crippen LogP contribution in [0.4, 0.5) is 0 Å². The highest BCUT2D eigenvalue weighted by atomic mass is 35.5. The summed E-state index contributed by atoms with van der Waals surface area (Å²) in [5, 5.41) is 11.5. The Bertz CT molecular complexity index is 697. The standard InChI is InChI=1S/C13H11ClN2O3S2/c14-10-4-3-9(21-10)11-15-7(6-20-11)12(17)16-5-1-2-8(16)13(18)19/h3-4,6,8H,1-2,5H2,(H,18,19)/t8-/m0/s1. The van der Waals surface area contributed by atoms with Gasteiger partial charge in [-0.2, -0.15) is 0 Å². The summed E-state index contributed by atoms with van der Waals surface area (Å²) >= 11 is 8.65. The zero-order valence-corrected chi connectivity index (χ0v) is 13.2. The maximum atomic E-state index is 12.4. The number of rotatable bonds is 3. The Kier molecular flexibility index (Phi) is 3.97. The van der Waals surface area contributed by atoms with Crippen molar-refractivity contribution < 1.29 is 14.7 Å². The lowest BCUT2D eigenvalue weighted by Crippen LogP contribution is -2.40. The molecule has 5 nitrogen and oxygen atoms in total. The molecule has 21 heavy (non-hydrogen) atoms. The van der Waals surface area contributed by atoms with Gasteiger partial charge in [-0.15, -0.1) is 22.7 Å². The molecule has 1 aliphatic rings. The van der Waals surface area contributed by atoms with Crippen LogP contribution in [0.2, 0.25) is 4.34 Å². The van der Waals surface area contributed by atoms with Crippen molar-refractivity contribution in [3.8, 4) is 9.88 Å². The van der Waals surface area contributed by atoms with Crippen LogP contribution in [-0.4, -0.2) is 39.5 Å². The Labute approximate surface area is 133 Å². The molecule has 1 fully saturated rings. The number of aliphatic carboxylic acids is 1. The highest BCUT2D eigenvalue weighted by molar-refractivity contribution is 7.23. The maximum Gasteiger partial charge on any atom is 0.326 e. The Balaban J connectivity index is 1.83. The van der Waals surface area contributed by atoms with Gasteiger partial charge >= 0.3 is 5.97 Å². The first-order valence-electron chi connectivity index (χ1n) is 6.31. The largest absolute Gasteiger partial charge is 0.480 e. The van der Waals surface area contributed by atoms with Gasteiger partial charge in [-0.25, -0.2) is 9.78 Å². The molecule has 8 heteroatoms. The second-order valence-electron chi connectivity index (χ2n) is 4.64. The van der Waals surface area contributed by atoms with E-state index in [1.54, 1.807) is 11.4 Å². The number of carboxylic acids is 1. The molecule has 0 aromatic carbocycles. The Morgan fingerprint density at radius 3 is 2.90 bits per heavy atom. The van der Waals surface area contributed by atoms with Gasteiger partial charge in [0.2, 0.25) is 0 Å². The number of carboxylic acid groups (broad SMARTS) is 1. The molecule has 3 heterocycles. The van der Waals surface area contributed by atoms with Crippen LogP contribution in [0.5, 0.6) is 0 Å². The van der Waals surface area contributed by atoms with E-state index < -0.39 is 12.0 Å². The second kappa shape index (κ2) is 5.75. The Hall–Kier alpha value is -1.44. The first kappa shape index (κ1) is 14.5. The van der Waals surface area contributed by atoms with Crippen LogP contribution >= 0.6 is 34.3 Å². The van der Waals surface area contributed by atoms with Gasteiger partial charge in [-0.3, -0.25) is 4.79 Å². The van der Waals surface area contributed by atoms with Crippen molar-refractivity contribution in [2.45, 2.75) is 18.9 Å². The maximum absolute atomic E-state index is 12.4.